The molecule has 1 heterocycles. The minimum absolute atomic E-state index is 0.0485. The van der Waals surface area contributed by atoms with Crippen LogP contribution in [-0.2, 0) is 4.79 Å². The molecule has 0 radical (unpaired) electrons. The van der Waals surface area contributed by atoms with Gasteiger partial charge in [-0.3, -0.25) is 19.7 Å². The smallest absolute Gasteiger partial charge is 0.294 e. The Kier molecular flexibility index (Phi) is 5.68. The van der Waals surface area contributed by atoms with E-state index in [2.05, 4.69) is 15.5 Å². The lowest BCUT2D eigenvalue weighted by Gasteiger charge is -2.11. The van der Waals surface area contributed by atoms with Gasteiger partial charge in [-0.25, -0.2) is 10.4 Å². The summed E-state index contributed by atoms with van der Waals surface area (Å²) >= 11 is 0. The molecule has 0 spiro atoms. The van der Waals surface area contributed by atoms with Gasteiger partial charge in [-0.1, -0.05) is 30.3 Å². The summed E-state index contributed by atoms with van der Waals surface area (Å²) < 4.78 is 0.921. The molecule has 0 fully saturated rings. The Balaban J connectivity index is 1.49. The third kappa shape index (κ3) is 4.19. The molecule has 0 aliphatic carbocycles. The number of hydrogen-bond acceptors (Lipinski definition) is 8. The third-order valence-corrected chi connectivity index (χ3v) is 4.83. The van der Waals surface area contributed by atoms with Crippen LogP contribution < -0.4 is 15.8 Å². The molecule has 11 nitrogen and oxygen atoms in total. The molecular weight excluding hydrogens is 430 g/mol. The average molecular weight is 447 g/mol. The SMILES string of the molecule is Cc1nc2ccccc2c(=O)n1OCC(=O)N/N=C/c1cc([N+](=O)[O-])c2ccccc2c1O. The van der Waals surface area contributed by atoms with Crippen molar-refractivity contribution in [2.45, 2.75) is 6.92 Å². The highest BCUT2D eigenvalue weighted by Gasteiger charge is 2.17. The number of hydrazone groups is 1. The Labute approximate surface area is 185 Å². The van der Waals surface area contributed by atoms with E-state index in [0.717, 1.165) is 17.0 Å². The van der Waals surface area contributed by atoms with E-state index in [1.54, 1.807) is 49.4 Å². The van der Waals surface area contributed by atoms with E-state index < -0.39 is 23.0 Å². The first-order chi connectivity index (χ1) is 15.9. The molecule has 0 saturated heterocycles. The van der Waals surface area contributed by atoms with E-state index in [4.69, 9.17) is 4.84 Å². The lowest BCUT2D eigenvalue weighted by molar-refractivity contribution is -0.383. The molecule has 0 aliphatic rings. The monoisotopic (exact) mass is 447 g/mol. The number of phenolic OH excluding ortho intramolecular Hbond substituents is 1. The maximum atomic E-state index is 12.5. The Morgan fingerprint density at radius 3 is 2.61 bits per heavy atom. The van der Waals surface area contributed by atoms with Gasteiger partial charge < -0.3 is 9.94 Å². The second-order valence-corrected chi connectivity index (χ2v) is 6.98. The van der Waals surface area contributed by atoms with Gasteiger partial charge in [0.05, 0.1) is 27.4 Å². The number of nitrogens with zero attached hydrogens (tertiary/aromatic N) is 4. The van der Waals surface area contributed by atoms with E-state index >= 15 is 0 Å². The van der Waals surface area contributed by atoms with Crippen LogP contribution in [-0.4, -0.2) is 38.5 Å². The van der Waals surface area contributed by atoms with Crippen molar-refractivity contribution < 1.29 is 19.7 Å². The van der Waals surface area contributed by atoms with Gasteiger partial charge in [0.1, 0.15) is 11.6 Å². The Morgan fingerprint density at radius 1 is 1.21 bits per heavy atom. The molecular formula is C22H17N5O6. The van der Waals surface area contributed by atoms with Gasteiger partial charge in [0.2, 0.25) is 0 Å². The summed E-state index contributed by atoms with van der Waals surface area (Å²) in [7, 11) is 0. The third-order valence-electron chi connectivity index (χ3n) is 4.83. The number of carbonyl (C=O) groups is 1. The number of rotatable bonds is 6. The van der Waals surface area contributed by atoms with Crippen molar-refractivity contribution >= 4 is 39.5 Å². The molecule has 1 amide bonds. The van der Waals surface area contributed by atoms with Gasteiger partial charge in [0, 0.05) is 17.0 Å². The number of fused-ring (bicyclic) bond motifs is 2. The molecule has 166 valence electrons. The van der Waals surface area contributed by atoms with Gasteiger partial charge in [-0.05, 0) is 25.1 Å². The number of aromatic hydroxyl groups is 1. The normalized spacial score (nSPS) is 11.2. The number of nitrogens with one attached hydrogen (secondary N) is 1. The number of hydrogen-bond donors (Lipinski definition) is 2. The number of para-hydroxylation sites is 1. The molecule has 3 aromatic carbocycles. The molecule has 4 rings (SSSR count). The fourth-order valence-electron chi connectivity index (χ4n) is 3.32. The van der Waals surface area contributed by atoms with Crippen LogP contribution in [0.2, 0.25) is 0 Å². The van der Waals surface area contributed by atoms with Crippen molar-refractivity contribution in [3.63, 3.8) is 0 Å². The van der Waals surface area contributed by atoms with E-state index in [9.17, 15) is 24.8 Å². The number of nitro groups is 1. The van der Waals surface area contributed by atoms with Crippen LogP contribution in [0.25, 0.3) is 21.7 Å². The van der Waals surface area contributed by atoms with Crippen LogP contribution >= 0.6 is 0 Å². The zero-order chi connectivity index (χ0) is 23.5. The summed E-state index contributed by atoms with van der Waals surface area (Å²) in [4.78, 5) is 45.0. The number of benzene rings is 3. The fraction of sp³-hybridized carbons (Fsp3) is 0.0909. The lowest BCUT2D eigenvalue weighted by atomic mass is 10.0. The molecule has 0 unspecified atom stereocenters. The highest BCUT2D eigenvalue weighted by atomic mass is 16.7. The first-order valence-electron chi connectivity index (χ1n) is 9.69. The molecule has 0 bridgehead atoms. The second kappa shape index (κ2) is 8.75. The Morgan fingerprint density at radius 2 is 1.88 bits per heavy atom. The summed E-state index contributed by atoms with van der Waals surface area (Å²) in [6.07, 6.45) is 1.08. The van der Waals surface area contributed by atoms with Crippen molar-refractivity contribution in [2.24, 2.45) is 5.10 Å². The van der Waals surface area contributed by atoms with E-state index in [1.807, 2.05) is 0 Å². The van der Waals surface area contributed by atoms with Crippen molar-refractivity contribution in [1.82, 2.24) is 15.1 Å². The number of non-ortho nitro benzene ring substituents is 1. The zero-order valence-corrected chi connectivity index (χ0v) is 17.3. The molecule has 0 aliphatic heterocycles. The number of amides is 1. The number of carbonyl (C=O) groups excluding carboxylic acids is 1. The highest BCUT2D eigenvalue weighted by molar-refractivity contribution is 6.02. The largest absolute Gasteiger partial charge is 0.507 e. The van der Waals surface area contributed by atoms with Gasteiger partial charge in [0.15, 0.2) is 6.61 Å². The van der Waals surface area contributed by atoms with Crippen LogP contribution in [0.1, 0.15) is 11.4 Å². The van der Waals surface area contributed by atoms with E-state index in [0.29, 0.717) is 10.9 Å². The minimum Gasteiger partial charge on any atom is -0.507 e. The zero-order valence-electron chi connectivity index (χ0n) is 17.3. The summed E-state index contributed by atoms with van der Waals surface area (Å²) in [5.41, 5.74) is 2.09. The first kappa shape index (κ1) is 21.4. The maximum absolute atomic E-state index is 12.5. The number of aromatic nitrogens is 2. The second-order valence-electron chi connectivity index (χ2n) is 6.98. The van der Waals surface area contributed by atoms with Crippen LogP contribution in [0.4, 0.5) is 5.69 Å². The predicted octanol–water partition coefficient (Wildman–Crippen LogP) is 2.05. The molecule has 0 saturated carbocycles. The molecule has 4 aromatic rings. The van der Waals surface area contributed by atoms with Crippen molar-refractivity contribution in [1.29, 1.82) is 0 Å². The van der Waals surface area contributed by atoms with Crippen LogP contribution in [0, 0.1) is 17.0 Å². The molecule has 33 heavy (non-hydrogen) atoms. The molecule has 0 atom stereocenters. The summed E-state index contributed by atoms with van der Waals surface area (Å²) in [5.74, 6) is -0.640. The van der Waals surface area contributed by atoms with E-state index in [-0.39, 0.29) is 33.6 Å². The van der Waals surface area contributed by atoms with Gasteiger partial charge in [-0.15, -0.1) is 4.73 Å². The van der Waals surface area contributed by atoms with Gasteiger partial charge in [-0.2, -0.15) is 5.10 Å². The number of phenols is 1. The molecule has 1 aromatic heterocycles. The van der Waals surface area contributed by atoms with Crippen LogP contribution in [0.15, 0.2) is 64.5 Å². The van der Waals surface area contributed by atoms with Crippen molar-refractivity contribution in [3.05, 3.63) is 86.5 Å². The predicted molar refractivity (Wildman–Crippen MR) is 120 cm³/mol. The molecule has 2 N–H and O–H groups in total. The summed E-state index contributed by atoms with van der Waals surface area (Å²) in [5, 5.41) is 26.4. The average Bonchev–Trinajstić information content (AvgIpc) is 2.80. The quantitative estimate of drug-likeness (QED) is 0.261. The topological polar surface area (TPSA) is 149 Å². The van der Waals surface area contributed by atoms with E-state index in [1.165, 1.54) is 6.07 Å². The summed E-state index contributed by atoms with van der Waals surface area (Å²) in [6, 6.07) is 14.2. The highest BCUT2D eigenvalue weighted by Crippen LogP contribution is 2.34. The van der Waals surface area contributed by atoms with Crippen LogP contribution in [0.3, 0.4) is 0 Å². The number of aryl methyl sites for hydroxylation is 1. The van der Waals surface area contributed by atoms with Crippen molar-refractivity contribution in [2.75, 3.05) is 6.61 Å². The Hall–Kier alpha value is -4.80. The maximum Gasteiger partial charge on any atom is 0.294 e. The first-order valence-corrected chi connectivity index (χ1v) is 9.69. The fourth-order valence-corrected chi connectivity index (χ4v) is 3.32. The number of nitro benzene ring substituents is 1. The Bertz CT molecular complexity index is 1490. The van der Waals surface area contributed by atoms with Crippen LogP contribution in [0.5, 0.6) is 5.75 Å². The lowest BCUT2D eigenvalue weighted by Crippen LogP contribution is -2.35. The molecule has 11 heteroatoms. The van der Waals surface area contributed by atoms with Gasteiger partial charge in [0.25, 0.3) is 17.2 Å². The minimum atomic E-state index is -0.694. The standard InChI is InChI=1S/C22H17N5O6/c1-13-24-18-9-5-4-8-17(18)22(30)26(13)33-12-20(28)25-23-11-14-10-19(27(31)32)15-6-2-3-7-16(15)21(14)29/h2-11,29H,12H2,1H3,(H,25,28)/b23-11+. The summed E-state index contributed by atoms with van der Waals surface area (Å²) in [6.45, 7) is 1.03. The van der Waals surface area contributed by atoms with Gasteiger partial charge >= 0.3 is 0 Å². The van der Waals surface area contributed by atoms with Crippen molar-refractivity contribution in [3.8, 4) is 5.75 Å².